The van der Waals surface area contributed by atoms with Crippen molar-refractivity contribution in [2.45, 2.75) is 43.5 Å². The third kappa shape index (κ3) is 3.75. The van der Waals surface area contributed by atoms with E-state index in [4.69, 9.17) is 0 Å². The van der Waals surface area contributed by atoms with Crippen molar-refractivity contribution in [2.75, 3.05) is 17.7 Å². The van der Waals surface area contributed by atoms with Gasteiger partial charge in [0.2, 0.25) is 0 Å². The minimum absolute atomic E-state index is 0.249. The van der Waals surface area contributed by atoms with Crippen molar-refractivity contribution in [3.63, 3.8) is 0 Å². The van der Waals surface area contributed by atoms with E-state index in [1.54, 1.807) is 36.5 Å². The number of aromatic nitrogens is 3. The molecule has 0 amide bonds. The lowest BCUT2D eigenvalue weighted by molar-refractivity contribution is 0.345. The van der Waals surface area contributed by atoms with Crippen molar-refractivity contribution in [3.8, 4) is 0 Å². The minimum atomic E-state index is -3.72. The average Bonchev–Trinajstić information content (AvgIpc) is 3.19. The molecule has 1 fully saturated rings. The summed E-state index contributed by atoms with van der Waals surface area (Å²) in [5.74, 6) is 2.41. The molecule has 2 aromatic heterocycles. The lowest BCUT2D eigenvalue weighted by Crippen LogP contribution is -2.36. The monoisotopic (exact) mass is 430 g/mol. The number of anilines is 1. The van der Waals surface area contributed by atoms with Crippen LogP contribution in [0.4, 0.5) is 5.82 Å². The molecule has 0 N–H and O–H groups in total. The molecule has 0 unspecified atom stereocenters. The smallest absolute Gasteiger partial charge is 0.269 e. The van der Waals surface area contributed by atoms with Gasteiger partial charge in [0.15, 0.2) is 5.65 Å². The fourth-order valence-electron chi connectivity index (χ4n) is 4.10. The van der Waals surface area contributed by atoms with Gasteiger partial charge in [-0.25, -0.2) is 22.4 Å². The van der Waals surface area contributed by atoms with E-state index in [0.717, 1.165) is 48.2 Å². The topological polar surface area (TPSA) is 68.1 Å². The van der Waals surface area contributed by atoms with Gasteiger partial charge in [-0.2, -0.15) is 12.6 Å². The number of nitrogens with zero attached hydrogens (tertiary/aromatic N) is 4. The van der Waals surface area contributed by atoms with Crippen LogP contribution in [0.2, 0.25) is 0 Å². The molecule has 0 atom stereocenters. The summed E-state index contributed by atoms with van der Waals surface area (Å²) in [7, 11) is -1.68. The van der Waals surface area contributed by atoms with E-state index in [0.29, 0.717) is 17.6 Å². The van der Waals surface area contributed by atoms with E-state index in [1.807, 2.05) is 14.0 Å². The molecule has 0 bridgehead atoms. The molecule has 0 saturated heterocycles. The van der Waals surface area contributed by atoms with Crippen molar-refractivity contribution in [1.29, 1.82) is 0 Å². The molecule has 1 aliphatic rings. The number of thiol groups is 1. The molecule has 2 heterocycles. The van der Waals surface area contributed by atoms with E-state index in [1.165, 1.54) is 10.3 Å². The van der Waals surface area contributed by atoms with Gasteiger partial charge in [0, 0.05) is 19.3 Å². The molecular weight excluding hydrogens is 404 g/mol. The van der Waals surface area contributed by atoms with Gasteiger partial charge < -0.3 is 4.90 Å². The fourth-order valence-corrected chi connectivity index (χ4v) is 5.77. The molecule has 29 heavy (non-hydrogen) atoms. The summed E-state index contributed by atoms with van der Waals surface area (Å²) in [6, 6.07) is 9.05. The third-order valence-corrected chi connectivity index (χ3v) is 8.16. The Kier molecular flexibility index (Phi) is 5.57. The van der Waals surface area contributed by atoms with Crippen LogP contribution in [0.5, 0.6) is 0 Å². The van der Waals surface area contributed by atoms with Gasteiger partial charge in [0.1, 0.15) is 12.1 Å². The van der Waals surface area contributed by atoms with Crippen molar-refractivity contribution in [2.24, 2.45) is 5.92 Å². The zero-order valence-corrected chi connectivity index (χ0v) is 18.4. The van der Waals surface area contributed by atoms with Crippen LogP contribution in [0, 0.1) is 12.8 Å². The molecule has 4 rings (SSSR count). The maximum absolute atomic E-state index is 13.2. The van der Waals surface area contributed by atoms with Crippen LogP contribution in [0.25, 0.3) is 11.0 Å². The Labute approximate surface area is 177 Å². The molecule has 1 aliphatic carbocycles. The van der Waals surface area contributed by atoms with E-state index in [-0.39, 0.29) is 4.90 Å². The lowest BCUT2D eigenvalue weighted by atomic mass is 9.86. The molecule has 1 aromatic carbocycles. The third-order valence-electron chi connectivity index (χ3n) is 5.96. The Bertz CT molecular complexity index is 1100. The molecule has 154 valence electrons. The van der Waals surface area contributed by atoms with Gasteiger partial charge in [-0.15, -0.1) is 0 Å². The van der Waals surface area contributed by atoms with Crippen molar-refractivity contribution >= 4 is 39.5 Å². The van der Waals surface area contributed by atoms with E-state index < -0.39 is 10.0 Å². The molecule has 0 spiro atoms. The minimum Gasteiger partial charge on any atom is -0.356 e. The van der Waals surface area contributed by atoms with Crippen molar-refractivity contribution in [3.05, 3.63) is 48.4 Å². The SMILES string of the molecule is Cc1ccc(S(=O)(=O)n2ccc3c(N(C)C4CCC(CS)CC4)ncnc32)cc1. The normalized spacial score (nSPS) is 20.1. The predicted molar refractivity (Wildman–Crippen MR) is 119 cm³/mol. The molecule has 6 nitrogen and oxygen atoms in total. The van der Waals surface area contributed by atoms with Crippen LogP contribution in [-0.4, -0.2) is 41.2 Å². The quantitative estimate of drug-likeness (QED) is 0.622. The molecule has 3 aromatic rings. The maximum atomic E-state index is 13.2. The van der Waals surface area contributed by atoms with Gasteiger partial charge in [0.25, 0.3) is 10.0 Å². The molecule has 1 saturated carbocycles. The van der Waals surface area contributed by atoms with E-state index in [9.17, 15) is 8.42 Å². The van der Waals surface area contributed by atoms with Crippen LogP contribution < -0.4 is 4.90 Å². The molecule has 0 radical (unpaired) electrons. The number of hydrogen-bond acceptors (Lipinski definition) is 6. The van der Waals surface area contributed by atoms with Crippen LogP contribution >= 0.6 is 12.6 Å². The summed E-state index contributed by atoms with van der Waals surface area (Å²) in [4.78, 5) is 11.2. The van der Waals surface area contributed by atoms with Gasteiger partial charge in [-0.1, -0.05) is 17.7 Å². The second kappa shape index (κ2) is 7.99. The van der Waals surface area contributed by atoms with Gasteiger partial charge >= 0.3 is 0 Å². The van der Waals surface area contributed by atoms with Gasteiger partial charge in [-0.05, 0) is 62.5 Å². The summed E-state index contributed by atoms with van der Waals surface area (Å²) in [5, 5.41) is 0.752. The fraction of sp³-hybridized carbons (Fsp3) is 0.429. The van der Waals surface area contributed by atoms with Crippen molar-refractivity contribution in [1.82, 2.24) is 13.9 Å². The highest BCUT2D eigenvalue weighted by Crippen LogP contribution is 2.33. The zero-order valence-electron chi connectivity index (χ0n) is 16.7. The molecule has 8 heteroatoms. The van der Waals surface area contributed by atoms with Crippen LogP contribution in [0.1, 0.15) is 31.2 Å². The second-order valence-corrected chi connectivity index (χ2v) is 10.0. The summed E-state index contributed by atoms with van der Waals surface area (Å²) in [5.41, 5.74) is 1.42. The van der Waals surface area contributed by atoms with E-state index >= 15 is 0 Å². The summed E-state index contributed by atoms with van der Waals surface area (Å²) in [6.07, 6.45) is 7.54. The summed E-state index contributed by atoms with van der Waals surface area (Å²) >= 11 is 4.43. The maximum Gasteiger partial charge on any atom is 0.269 e. The van der Waals surface area contributed by atoms with Gasteiger partial charge in [-0.3, -0.25) is 0 Å². The Morgan fingerprint density at radius 3 is 2.45 bits per heavy atom. The van der Waals surface area contributed by atoms with Crippen LogP contribution in [0.15, 0.2) is 47.8 Å². The van der Waals surface area contributed by atoms with Crippen molar-refractivity contribution < 1.29 is 8.42 Å². The first-order valence-corrected chi connectivity index (χ1v) is 12.0. The standard InChI is InChI=1S/C21H26N4O2S2/c1-15-3-9-18(10-4-15)29(26,27)25-12-11-19-20(22-14-23-21(19)25)24(2)17-7-5-16(13-28)6-8-17/h3-4,9-12,14,16-17,28H,5-8,13H2,1-2H3. The van der Waals surface area contributed by atoms with Crippen LogP contribution in [-0.2, 0) is 10.0 Å². The number of aryl methyl sites for hydroxylation is 1. The second-order valence-electron chi connectivity index (χ2n) is 7.83. The Hall–Kier alpha value is -2.06. The Morgan fingerprint density at radius 2 is 1.79 bits per heavy atom. The Morgan fingerprint density at radius 1 is 1.10 bits per heavy atom. The largest absolute Gasteiger partial charge is 0.356 e. The molecule has 0 aliphatic heterocycles. The number of benzene rings is 1. The van der Waals surface area contributed by atoms with Crippen LogP contribution in [0.3, 0.4) is 0 Å². The zero-order chi connectivity index (χ0) is 20.6. The number of fused-ring (bicyclic) bond motifs is 1. The van der Waals surface area contributed by atoms with Gasteiger partial charge in [0.05, 0.1) is 10.3 Å². The average molecular weight is 431 g/mol. The van der Waals surface area contributed by atoms with E-state index in [2.05, 4.69) is 27.5 Å². The summed E-state index contributed by atoms with van der Waals surface area (Å²) in [6.45, 7) is 1.93. The lowest BCUT2D eigenvalue weighted by Gasteiger charge is -2.35. The number of rotatable bonds is 5. The predicted octanol–water partition coefficient (Wildman–Crippen LogP) is 3.90. The highest BCUT2D eigenvalue weighted by atomic mass is 32.2. The Balaban J connectivity index is 1.69. The first kappa shape index (κ1) is 20.2. The highest BCUT2D eigenvalue weighted by Gasteiger charge is 2.27. The highest BCUT2D eigenvalue weighted by molar-refractivity contribution is 7.90. The first-order chi connectivity index (χ1) is 13.9. The summed E-state index contributed by atoms with van der Waals surface area (Å²) < 4.78 is 27.6. The number of hydrogen-bond donors (Lipinski definition) is 1. The molecular formula is C21H26N4O2S2. The first-order valence-electron chi connectivity index (χ1n) is 9.90.